The Morgan fingerprint density at radius 1 is 0.935 bits per heavy atom. The molecule has 2 heterocycles. The number of benzene rings is 3. The van der Waals surface area contributed by atoms with Gasteiger partial charge in [0.25, 0.3) is 5.69 Å². The van der Waals surface area contributed by atoms with Crippen LogP contribution in [0.4, 0.5) is 11.4 Å². The monoisotopic (exact) mass is 414 g/mol. The number of piperazine rings is 1. The van der Waals surface area contributed by atoms with Crippen molar-refractivity contribution in [3.63, 3.8) is 0 Å². The van der Waals surface area contributed by atoms with Crippen LogP contribution in [0.3, 0.4) is 0 Å². The second-order valence-electron chi connectivity index (χ2n) is 7.71. The van der Waals surface area contributed by atoms with E-state index in [1.54, 1.807) is 18.4 Å². The largest absolute Gasteiger partial charge is 0.444 e. The molecule has 1 saturated heterocycles. The number of hydrogen-bond acceptors (Lipinski definition) is 6. The van der Waals surface area contributed by atoms with Gasteiger partial charge in [-0.15, -0.1) is 0 Å². The Hall–Kier alpha value is -3.71. The van der Waals surface area contributed by atoms with Gasteiger partial charge >= 0.3 is 0 Å². The van der Waals surface area contributed by atoms with Gasteiger partial charge in [0, 0.05) is 56.1 Å². The van der Waals surface area contributed by atoms with Gasteiger partial charge in [0.15, 0.2) is 0 Å². The average Bonchev–Trinajstić information content (AvgIpc) is 3.27. The Kier molecular flexibility index (Phi) is 5.09. The Balaban J connectivity index is 1.23. The first-order chi connectivity index (χ1) is 15.2. The minimum atomic E-state index is -0.369. The summed E-state index contributed by atoms with van der Waals surface area (Å²) in [5.74, 6) is 0.649. The van der Waals surface area contributed by atoms with Crippen LogP contribution in [-0.4, -0.2) is 41.0 Å². The number of fused-ring (bicyclic) bond motifs is 1. The van der Waals surface area contributed by atoms with Crippen molar-refractivity contribution in [1.82, 2.24) is 9.88 Å². The summed E-state index contributed by atoms with van der Waals surface area (Å²) in [6.45, 7) is 4.26. The smallest absolute Gasteiger partial charge is 0.269 e. The van der Waals surface area contributed by atoms with Crippen molar-refractivity contribution in [3.05, 3.63) is 88.8 Å². The molecule has 0 spiro atoms. The number of nitro benzene ring substituents is 1. The van der Waals surface area contributed by atoms with Crippen LogP contribution in [0.5, 0.6) is 0 Å². The summed E-state index contributed by atoms with van der Waals surface area (Å²) in [5, 5.41) is 13.1. The van der Waals surface area contributed by atoms with Crippen LogP contribution < -0.4 is 4.90 Å². The Bertz CT molecular complexity index is 1210. The van der Waals surface area contributed by atoms with E-state index < -0.39 is 0 Å². The molecular formula is C24H22N4O3. The molecule has 0 atom stereocenters. The molecule has 3 aromatic carbocycles. The molecule has 156 valence electrons. The Morgan fingerprint density at radius 2 is 1.68 bits per heavy atom. The summed E-state index contributed by atoms with van der Waals surface area (Å²) >= 11 is 0. The summed E-state index contributed by atoms with van der Waals surface area (Å²) in [6.07, 6.45) is 1.75. The maximum Gasteiger partial charge on any atom is 0.269 e. The molecule has 0 unspecified atom stereocenters. The predicted octanol–water partition coefficient (Wildman–Crippen LogP) is 4.73. The van der Waals surface area contributed by atoms with E-state index in [-0.39, 0.29) is 10.6 Å². The van der Waals surface area contributed by atoms with Crippen molar-refractivity contribution < 1.29 is 9.34 Å². The molecule has 5 rings (SSSR count). The highest BCUT2D eigenvalue weighted by molar-refractivity contribution is 5.94. The first-order valence-electron chi connectivity index (χ1n) is 10.3. The normalized spacial score (nSPS) is 14.8. The van der Waals surface area contributed by atoms with Gasteiger partial charge in [0.05, 0.1) is 10.6 Å². The van der Waals surface area contributed by atoms with Crippen molar-refractivity contribution in [2.45, 2.75) is 6.54 Å². The topological polar surface area (TPSA) is 75.7 Å². The lowest BCUT2D eigenvalue weighted by atomic mass is 10.0. The van der Waals surface area contributed by atoms with Crippen molar-refractivity contribution >= 4 is 22.1 Å². The number of nitrogens with zero attached hydrogens (tertiary/aromatic N) is 4. The highest BCUT2D eigenvalue weighted by atomic mass is 16.6. The van der Waals surface area contributed by atoms with Gasteiger partial charge < -0.3 is 9.32 Å². The molecule has 0 radical (unpaired) electrons. The van der Waals surface area contributed by atoms with Crippen molar-refractivity contribution in [2.24, 2.45) is 0 Å². The second-order valence-corrected chi connectivity index (χ2v) is 7.71. The van der Waals surface area contributed by atoms with Gasteiger partial charge in [-0.2, -0.15) is 0 Å². The van der Waals surface area contributed by atoms with E-state index in [0.717, 1.165) is 55.1 Å². The zero-order chi connectivity index (χ0) is 21.2. The van der Waals surface area contributed by atoms with E-state index in [1.165, 1.54) is 5.39 Å². The molecule has 0 N–H and O–H groups in total. The van der Waals surface area contributed by atoms with Gasteiger partial charge in [0.1, 0.15) is 6.26 Å². The van der Waals surface area contributed by atoms with Gasteiger partial charge in [-0.3, -0.25) is 15.0 Å². The van der Waals surface area contributed by atoms with Gasteiger partial charge in [-0.1, -0.05) is 36.4 Å². The van der Waals surface area contributed by atoms with Gasteiger partial charge in [-0.05, 0) is 29.0 Å². The lowest BCUT2D eigenvalue weighted by molar-refractivity contribution is -0.384. The quantitative estimate of drug-likeness (QED) is 0.347. The number of rotatable bonds is 5. The highest BCUT2D eigenvalue weighted by Gasteiger charge is 2.19. The van der Waals surface area contributed by atoms with E-state index in [0.29, 0.717) is 5.89 Å². The molecule has 1 aliphatic heterocycles. The SMILES string of the molecule is O=[N+]([O-])c1ccc(N2CCN(Cc3coc(-c4cccc5ccccc45)n3)CC2)cc1. The minimum absolute atomic E-state index is 0.121. The van der Waals surface area contributed by atoms with Gasteiger partial charge in [-0.25, -0.2) is 4.98 Å². The van der Waals surface area contributed by atoms with Crippen molar-refractivity contribution in [2.75, 3.05) is 31.1 Å². The molecule has 1 fully saturated rings. The number of aromatic nitrogens is 1. The van der Waals surface area contributed by atoms with Crippen LogP contribution in [0, 0.1) is 10.1 Å². The lowest BCUT2D eigenvalue weighted by Crippen LogP contribution is -2.46. The predicted molar refractivity (Wildman–Crippen MR) is 120 cm³/mol. The summed E-state index contributed by atoms with van der Waals surface area (Å²) in [4.78, 5) is 19.8. The maximum absolute atomic E-state index is 10.8. The molecule has 7 heteroatoms. The minimum Gasteiger partial charge on any atom is -0.444 e. The summed E-state index contributed by atoms with van der Waals surface area (Å²) in [6, 6.07) is 21.2. The Morgan fingerprint density at radius 3 is 2.45 bits per heavy atom. The van der Waals surface area contributed by atoms with E-state index >= 15 is 0 Å². The summed E-state index contributed by atoms with van der Waals surface area (Å²) < 4.78 is 5.82. The van der Waals surface area contributed by atoms with Crippen molar-refractivity contribution in [3.8, 4) is 11.5 Å². The fourth-order valence-corrected chi connectivity index (χ4v) is 4.09. The van der Waals surface area contributed by atoms with Crippen LogP contribution in [0.1, 0.15) is 5.69 Å². The molecule has 0 saturated carbocycles. The molecule has 0 aliphatic carbocycles. The van der Waals surface area contributed by atoms with Crippen LogP contribution in [0.25, 0.3) is 22.2 Å². The standard InChI is InChI=1S/C24H22N4O3/c29-28(30)21-10-8-20(9-11-21)27-14-12-26(13-15-27)16-19-17-31-24(25-19)23-7-3-5-18-4-1-2-6-22(18)23/h1-11,17H,12-16H2. The summed E-state index contributed by atoms with van der Waals surface area (Å²) in [7, 11) is 0. The maximum atomic E-state index is 10.8. The fourth-order valence-electron chi connectivity index (χ4n) is 4.09. The van der Waals surface area contributed by atoms with Crippen LogP contribution >= 0.6 is 0 Å². The number of oxazole rings is 1. The van der Waals surface area contributed by atoms with Crippen LogP contribution in [0.2, 0.25) is 0 Å². The molecule has 4 aromatic rings. The molecule has 1 aromatic heterocycles. The van der Waals surface area contributed by atoms with E-state index in [1.807, 2.05) is 36.4 Å². The first kappa shape index (κ1) is 19.3. The van der Waals surface area contributed by atoms with E-state index in [9.17, 15) is 10.1 Å². The first-order valence-corrected chi connectivity index (χ1v) is 10.3. The average molecular weight is 414 g/mol. The molecular weight excluding hydrogens is 392 g/mol. The lowest BCUT2D eigenvalue weighted by Gasteiger charge is -2.35. The number of nitro groups is 1. The third-order valence-electron chi connectivity index (χ3n) is 5.76. The Labute approximate surface area is 179 Å². The third kappa shape index (κ3) is 4.00. The van der Waals surface area contributed by atoms with Crippen molar-refractivity contribution in [1.29, 1.82) is 0 Å². The molecule has 0 amide bonds. The van der Waals surface area contributed by atoms with Gasteiger partial charge in [0.2, 0.25) is 5.89 Å². The van der Waals surface area contributed by atoms with E-state index in [4.69, 9.17) is 9.40 Å². The molecule has 31 heavy (non-hydrogen) atoms. The zero-order valence-electron chi connectivity index (χ0n) is 17.0. The van der Waals surface area contributed by atoms with E-state index in [2.05, 4.69) is 28.0 Å². The fraction of sp³-hybridized carbons (Fsp3) is 0.208. The second kappa shape index (κ2) is 8.20. The molecule has 0 bridgehead atoms. The number of hydrogen-bond donors (Lipinski definition) is 0. The number of anilines is 1. The summed E-state index contributed by atoms with van der Waals surface area (Å²) in [5.41, 5.74) is 3.07. The van der Waals surface area contributed by atoms with Crippen LogP contribution in [0.15, 0.2) is 77.4 Å². The number of non-ortho nitro benzene ring substituents is 1. The molecule has 7 nitrogen and oxygen atoms in total. The zero-order valence-corrected chi connectivity index (χ0v) is 17.0. The highest BCUT2D eigenvalue weighted by Crippen LogP contribution is 2.28. The molecule has 1 aliphatic rings. The third-order valence-corrected chi connectivity index (χ3v) is 5.76. The van der Waals surface area contributed by atoms with Crippen LogP contribution in [-0.2, 0) is 6.54 Å².